The van der Waals surface area contributed by atoms with E-state index >= 15 is 0 Å². The van der Waals surface area contributed by atoms with Gasteiger partial charge in [-0.1, -0.05) is 12.1 Å². The number of ketones is 1. The lowest BCUT2D eigenvalue weighted by molar-refractivity contribution is 0.0702. The van der Waals surface area contributed by atoms with Crippen LogP contribution in [0.25, 0.3) is 0 Å². The van der Waals surface area contributed by atoms with Crippen LogP contribution < -0.4 is 0 Å². The number of carbonyl (C=O) groups excluding carboxylic acids is 2. The summed E-state index contributed by atoms with van der Waals surface area (Å²) in [7, 11) is -3.69. The Labute approximate surface area is 164 Å². The van der Waals surface area contributed by atoms with Gasteiger partial charge in [0.2, 0.25) is 10.0 Å². The lowest BCUT2D eigenvalue weighted by atomic mass is 10.2. The molecular weight excluding hydrogens is 440 g/mol. The van der Waals surface area contributed by atoms with Crippen LogP contribution in [-0.2, 0) is 10.0 Å². The first-order valence-corrected chi connectivity index (χ1v) is 11.0. The fourth-order valence-corrected chi connectivity index (χ4v) is 5.56. The molecule has 1 amide bonds. The summed E-state index contributed by atoms with van der Waals surface area (Å²) in [6.45, 7) is 2.52. The van der Waals surface area contributed by atoms with E-state index in [-0.39, 0.29) is 29.7 Å². The smallest absolute Gasteiger partial charge is 0.264 e. The van der Waals surface area contributed by atoms with Crippen molar-refractivity contribution in [1.29, 1.82) is 0 Å². The molecule has 26 heavy (non-hydrogen) atoms. The van der Waals surface area contributed by atoms with Crippen molar-refractivity contribution >= 4 is 49.0 Å². The van der Waals surface area contributed by atoms with Crippen molar-refractivity contribution in [3.63, 3.8) is 0 Å². The Morgan fingerprint density at radius 3 is 2.35 bits per heavy atom. The van der Waals surface area contributed by atoms with E-state index in [0.717, 1.165) is 3.79 Å². The SMILES string of the molecule is CC(=O)c1cccc(S(=O)(=O)N2CCN(C(=O)c3ccc(Br)s3)CC2)c1. The van der Waals surface area contributed by atoms with Gasteiger partial charge in [-0.15, -0.1) is 11.3 Å². The minimum atomic E-state index is -3.69. The third-order valence-electron chi connectivity index (χ3n) is 4.19. The number of hydrogen-bond donors (Lipinski definition) is 0. The highest BCUT2D eigenvalue weighted by Crippen LogP contribution is 2.25. The van der Waals surface area contributed by atoms with Gasteiger partial charge >= 0.3 is 0 Å². The second-order valence-electron chi connectivity index (χ2n) is 5.88. The number of sulfonamides is 1. The monoisotopic (exact) mass is 456 g/mol. The second kappa shape index (κ2) is 7.59. The summed E-state index contributed by atoms with van der Waals surface area (Å²) in [4.78, 5) is 26.4. The molecule has 0 N–H and O–H groups in total. The van der Waals surface area contributed by atoms with Crippen LogP contribution in [0.4, 0.5) is 0 Å². The van der Waals surface area contributed by atoms with Gasteiger partial charge in [0.1, 0.15) is 0 Å². The Morgan fingerprint density at radius 2 is 1.77 bits per heavy atom. The number of Topliss-reactive ketones (excluding diaryl/α,β-unsaturated/α-hetero) is 1. The maximum Gasteiger partial charge on any atom is 0.264 e. The van der Waals surface area contributed by atoms with E-state index in [0.29, 0.717) is 23.5 Å². The van der Waals surface area contributed by atoms with Gasteiger partial charge in [-0.2, -0.15) is 4.31 Å². The average Bonchev–Trinajstić information content (AvgIpc) is 3.07. The summed E-state index contributed by atoms with van der Waals surface area (Å²) in [5, 5.41) is 0. The predicted octanol–water partition coefficient (Wildman–Crippen LogP) is 2.86. The molecule has 3 rings (SSSR count). The topological polar surface area (TPSA) is 74.8 Å². The summed E-state index contributed by atoms with van der Waals surface area (Å²) >= 11 is 4.70. The number of amides is 1. The van der Waals surface area contributed by atoms with E-state index in [4.69, 9.17) is 0 Å². The van der Waals surface area contributed by atoms with Crippen molar-refractivity contribution in [1.82, 2.24) is 9.21 Å². The van der Waals surface area contributed by atoms with Crippen molar-refractivity contribution < 1.29 is 18.0 Å². The molecule has 0 bridgehead atoms. The van der Waals surface area contributed by atoms with E-state index in [1.165, 1.54) is 34.7 Å². The average molecular weight is 457 g/mol. The first-order valence-electron chi connectivity index (χ1n) is 7.95. The number of piperazine rings is 1. The molecule has 1 aliphatic rings. The standard InChI is InChI=1S/C17H17BrN2O4S2/c1-12(21)13-3-2-4-14(11-13)26(23,24)20-9-7-19(8-10-20)17(22)15-5-6-16(18)25-15/h2-6,11H,7-10H2,1H3. The molecule has 1 aliphatic heterocycles. The largest absolute Gasteiger partial charge is 0.335 e. The van der Waals surface area contributed by atoms with Crippen LogP contribution in [-0.4, -0.2) is 55.5 Å². The highest BCUT2D eigenvalue weighted by Gasteiger charge is 2.31. The van der Waals surface area contributed by atoms with Crippen LogP contribution in [0.1, 0.15) is 27.0 Å². The van der Waals surface area contributed by atoms with Crippen LogP contribution in [0.3, 0.4) is 0 Å². The number of halogens is 1. The normalized spacial score (nSPS) is 15.8. The molecule has 1 saturated heterocycles. The molecule has 1 fully saturated rings. The molecule has 0 saturated carbocycles. The quantitative estimate of drug-likeness (QED) is 0.662. The fourth-order valence-electron chi connectivity index (χ4n) is 2.74. The minimum Gasteiger partial charge on any atom is -0.335 e. The predicted molar refractivity (Wildman–Crippen MR) is 103 cm³/mol. The zero-order valence-corrected chi connectivity index (χ0v) is 17.2. The summed E-state index contributed by atoms with van der Waals surface area (Å²) in [6, 6.07) is 9.63. The molecule has 9 heteroatoms. The van der Waals surface area contributed by atoms with Gasteiger partial charge < -0.3 is 4.90 Å². The first kappa shape index (κ1) is 19.2. The molecule has 0 spiro atoms. The molecule has 1 aromatic heterocycles. The van der Waals surface area contributed by atoms with E-state index in [2.05, 4.69) is 15.9 Å². The van der Waals surface area contributed by atoms with Crippen LogP contribution in [0.5, 0.6) is 0 Å². The van der Waals surface area contributed by atoms with Gasteiger partial charge in [0, 0.05) is 31.7 Å². The van der Waals surface area contributed by atoms with Gasteiger partial charge in [0.25, 0.3) is 5.91 Å². The molecule has 138 valence electrons. The lowest BCUT2D eigenvalue weighted by Gasteiger charge is -2.33. The summed E-state index contributed by atoms with van der Waals surface area (Å²) < 4.78 is 27.9. The van der Waals surface area contributed by atoms with E-state index in [1.807, 2.05) is 6.07 Å². The van der Waals surface area contributed by atoms with Crippen molar-refractivity contribution in [3.05, 3.63) is 50.6 Å². The molecule has 6 nitrogen and oxygen atoms in total. The summed E-state index contributed by atoms with van der Waals surface area (Å²) in [5.41, 5.74) is 0.364. The number of carbonyl (C=O) groups is 2. The highest BCUT2D eigenvalue weighted by atomic mass is 79.9. The Hall–Kier alpha value is -1.55. The van der Waals surface area contributed by atoms with Gasteiger partial charge in [0.15, 0.2) is 5.78 Å². The number of rotatable bonds is 4. The Kier molecular flexibility index (Phi) is 5.61. The number of benzene rings is 1. The van der Waals surface area contributed by atoms with E-state index in [1.54, 1.807) is 23.1 Å². The molecule has 2 heterocycles. The van der Waals surface area contributed by atoms with Crippen molar-refractivity contribution in [2.24, 2.45) is 0 Å². The maximum atomic E-state index is 12.8. The number of thiophene rings is 1. The van der Waals surface area contributed by atoms with Crippen LogP contribution in [0.2, 0.25) is 0 Å². The van der Waals surface area contributed by atoms with Gasteiger partial charge in [0.05, 0.1) is 13.6 Å². The lowest BCUT2D eigenvalue weighted by Crippen LogP contribution is -2.50. The zero-order chi connectivity index (χ0) is 18.9. The third kappa shape index (κ3) is 3.90. The van der Waals surface area contributed by atoms with Crippen LogP contribution >= 0.6 is 27.3 Å². The zero-order valence-electron chi connectivity index (χ0n) is 14.0. The molecule has 0 radical (unpaired) electrons. The molecule has 0 unspecified atom stereocenters. The Bertz CT molecular complexity index is 947. The Morgan fingerprint density at radius 1 is 1.08 bits per heavy atom. The summed E-state index contributed by atoms with van der Waals surface area (Å²) in [5.74, 6) is -0.268. The molecule has 0 atom stereocenters. The van der Waals surface area contributed by atoms with Gasteiger partial charge in [-0.3, -0.25) is 9.59 Å². The minimum absolute atomic E-state index is 0.0867. The molecule has 1 aromatic carbocycles. The third-order valence-corrected chi connectivity index (χ3v) is 7.69. The van der Waals surface area contributed by atoms with Crippen LogP contribution in [0.15, 0.2) is 45.1 Å². The maximum absolute atomic E-state index is 12.8. The second-order valence-corrected chi connectivity index (χ2v) is 10.3. The molecular formula is C17H17BrN2O4S2. The molecule has 0 aliphatic carbocycles. The van der Waals surface area contributed by atoms with Crippen molar-refractivity contribution in [2.45, 2.75) is 11.8 Å². The fraction of sp³-hybridized carbons (Fsp3) is 0.294. The Balaban J connectivity index is 1.72. The van der Waals surface area contributed by atoms with E-state index in [9.17, 15) is 18.0 Å². The van der Waals surface area contributed by atoms with Crippen LogP contribution in [0, 0.1) is 0 Å². The van der Waals surface area contributed by atoms with Gasteiger partial charge in [-0.05, 0) is 47.1 Å². The van der Waals surface area contributed by atoms with Crippen molar-refractivity contribution in [3.8, 4) is 0 Å². The first-order chi connectivity index (χ1) is 12.3. The van der Waals surface area contributed by atoms with Crippen molar-refractivity contribution in [2.75, 3.05) is 26.2 Å². The highest BCUT2D eigenvalue weighted by molar-refractivity contribution is 9.11. The summed E-state index contributed by atoms with van der Waals surface area (Å²) in [6.07, 6.45) is 0. The number of hydrogen-bond acceptors (Lipinski definition) is 5. The van der Waals surface area contributed by atoms with Gasteiger partial charge in [-0.25, -0.2) is 8.42 Å². The van der Waals surface area contributed by atoms with E-state index < -0.39 is 10.0 Å². The molecule has 2 aromatic rings. The number of nitrogens with zero attached hydrogens (tertiary/aromatic N) is 2.